The van der Waals surface area contributed by atoms with Crippen LogP contribution in [0.25, 0.3) is 22.3 Å². The minimum atomic E-state index is -0.967. The maximum Gasteiger partial charge on any atom is 0.313 e. The molecule has 1 aromatic heterocycles. The highest BCUT2D eigenvalue weighted by Gasteiger charge is 2.32. The molecule has 0 aliphatic carbocycles. The number of halogens is 1. The summed E-state index contributed by atoms with van der Waals surface area (Å²) in [6.45, 7) is 0. The summed E-state index contributed by atoms with van der Waals surface area (Å²) >= 11 is 6.03. The third kappa shape index (κ3) is 2.33. The van der Waals surface area contributed by atoms with Crippen LogP contribution in [0.5, 0.6) is 0 Å². The van der Waals surface area contributed by atoms with Crippen LogP contribution < -0.4 is 9.46 Å². The van der Waals surface area contributed by atoms with Gasteiger partial charge >= 0.3 is 10.7 Å². The van der Waals surface area contributed by atoms with Crippen LogP contribution in [-0.4, -0.2) is 0 Å². The Morgan fingerprint density at radius 2 is 1.54 bits per heavy atom. The first-order valence-electron chi connectivity index (χ1n) is 7.34. The highest BCUT2D eigenvalue weighted by atomic mass is 35.5. The predicted molar refractivity (Wildman–Crippen MR) is 97.8 cm³/mol. The first-order chi connectivity index (χ1) is 11.7. The van der Waals surface area contributed by atoms with E-state index in [0.29, 0.717) is 26.8 Å². The van der Waals surface area contributed by atoms with Crippen LogP contribution in [0.1, 0.15) is 0 Å². The molecule has 4 rings (SSSR count). The number of allylic oxidation sites excluding steroid dienone is 2. The quantitative estimate of drug-likeness (QED) is 0.431. The first kappa shape index (κ1) is 15.1. The molecule has 4 nitrogen and oxygen atoms in total. The SMILES string of the molecule is [O-][n+]1c(-c2ccccc2)c([SH]2C=CC=C2)[n+]([O-])c2ccc(Cl)cc21. The van der Waals surface area contributed by atoms with Crippen molar-refractivity contribution in [2.24, 2.45) is 0 Å². The Kier molecular flexibility index (Phi) is 3.67. The first-order valence-corrected chi connectivity index (χ1v) is 9.20. The molecule has 0 fully saturated rings. The minimum absolute atomic E-state index is 0.266. The van der Waals surface area contributed by atoms with Crippen molar-refractivity contribution in [3.8, 4) is 11.3 Å². The molecular weight excluding hydrogens is 344 g/mol. The standard InChI is InChI=1S/C18H13ClN2O2S/c19-14-8-9-15-16(12-14)20(22)17(13-6-2-1-3-7-13)18(21(15)23)24-10-4-5-11-24/h1-12,24H. The van der Waals surface area contributed by atoms with E-state index in [-0.39, 0.29) is 5.52 Å². The zero-order valence-corrected chi connectivity index (χ0v) is 14.1. The van der Waals surface area contributed by atoms with Crippen LogP contribution in [-0.2, 0) is 0 Å². The topological polar surface area (TPSA) is 53.9 Å². The second kappa shape index (κ2) is 5.85. The Bertz CT molecular complexity index is 991. The molecule has 24 heavy (non-hydrogen) atoms. The number of hydrogen-bond acceptors (Lipinski definition) is 2. The molecule has 0 unspecified atom stereocenters. The number of thiol groups is 1. The van der Waals surface area contributed by atoms with E-state index in [4.69, 9.17) is 11.6 Å². The van der Waals surface area contributed by atoms with Gasteiger partial charge in [0.25, 0.3) is 11.0 Å². The van der Waals surface area contributed by atoms with Crippen molar-refractivity contribution in [3.63, 3.8) is 0 Å². The van der Waals surface area contributed by atoms with Crippen LogP contribution in [0, 0.1) is 10.4 Å². The fraction of sp³-hybridized carbons (Fsp3) is 0. The van der Waals surface area contributed by atoms with Gasteiger partial charge in [0.05, 0.1) is 5.56 Å². The number of hydrogen-bond donors (Lipinski definition) is 1. The minimum Gasteiger partial charge on any atom is -0.617 e. The molecule has 0 bridgehead atoms. The average molecular weight is 357 g/mol. The fourth-order valence-corrected chi connectivity index (χ4v) is 4.70. The monoisotopic (exact) mass is 356 g/mol. The van der Waals surface area contributed by atoms with Gasteiger partial charge in [0.1, 0.15) is 0 Å². The lowest BCUT2D eigenvalue weighted by molar-refractivity contribution is -0.653. The van der Waals surface area contributed by atoms with E-state index in [9.17, 15) is 10.4 Å². The van der Waals surface area contributed by atoms with Crippen molar-refractivity contribution in [2.45, 2.75) is 5.03 Å². The van der Waals surface area contributed by atoms with Gasteiger partial charge in [-0.1, -0.05) is 42.0 Å². The van der Waals surface area contributed by atoms with Gasteiger partial charge in [-0.15, -0.1) is 15.6 Å². The Morgan fingerprint density at radius 3 is 2.25 bits per heavy atom. The van der Waals surface area contributed by atoms with Crippen LogP contribution >= 0.6 is 22.5 Å². The van der Waals surface area contributed by atoms with Crippen molar-refractivity contribution in [3.05, 3.63) is 86.9 Å². The average Bonchev–Trinajstić information content (AvgIpc) is 3.12. The number of rotatable bonds is 2. The highest BCUT2D eigenvalue weighted by Crippen LogP contribution is 2.44. The van der Waals surface area contributed by atoms with Crippen LogP contribution in [0.15, 0.2) is 76.5 Å². The zero-order chi connectivity index (χ0) is 16.7. The lowest BCUT2D eigenvalue weighted by Gasteiger charge is -2.16. The number of fused-ring (bicyclic) bond motifs is 1. The Labute approximate surface area is 146 Å². The summed E-state index contributed by atoms with van der Waals surface area (Å²) in [5, 5.41) is 31.0. The van der Waals surface area contributed by atoms with E-state index in [1.165, 1.54) is 6.07 Å². The molecule has 120 valence electrons. The molecule has 0 amide bonds. The second-order valence-corrected chi connectivity index (χ2v) is 7.62. The third-order valence-electron chi connectivity index (χ3n) is 3.88. The van der Waals surface area contributed by atoms with E-state index in [1.54, 1.807) is 12.1 Å². The molecule has 0 saturated heterocycles. The van der Waals surface area contributed by atoms with Crippen LogP contribution in [0.4, 0.5) is 0 Å². The third-order valence-corrected chi connectivity index (χ3v) is 5.98. The molecule has 3 aromatic rings. The van der Waals surface area contributed by atoms with E-state index >= 15 is 0 Å². The maximum absolute atomic E-state index is 13.1. The normalized spacial score (nSPS) is 14.6. The van der Waals surface area contributed by atoms with E-state index in [0.717, 1.165) is 9.46 Å². The van der Waals surface area contributed by atoms with Crippen molar-refractivity contribution in [1.29, 1.82) is 0 Å². The molecule has 1 aliphatic rings. The highest BCUT2D eigenvalue weighted by molar-refractivity contribution is 8.22. The molecule has 0 N–H and O–H groups in total. The number of benzene rings is 2. The van der Waals surface area contributed by atoms with Gasteiger partial charge in [0.15, 0.2) is 0 Å². The summed E-state index contributed by atoms with van der Waals surface area (Å²) in [7, 11) is -0.967. The van der Waals surface area contributed by atoms with E-state index < -0.39 is 10.9 Å². The summed E-state index contributed by atoms with van der Waals surface area (Å²) in [6.07, 6.45) is 3.81. The van der Waals surface area contributed by atoms with Crippen molar-refractivity contribution >= 4 is 33.5 Å². The van der Waals surface area contributed by atoms with Gasteiger partial charge in [-0.3, -0.25) is 0 Å². The molecule has 0 spiro atoms. The van der Waals surface area contributed by atoms with Crippen molar-refractivity contribution in [1.82, 2.24) is 0 Å². The van der Waals surface area contributed by atoms with Gasteiger partial charge < -0.3 is 10.4 Å². The number of nitrogens with zero attached hydrogens (tertiary/aromatic N) is 2. The zero-order valence-electron chi connectivity index (χ0n) is 12.5. The lowest BCUT2D eigenvalue weighted by Crippen LogP contribution is -2.42. The molecule has 6 heteroatoms. The molecular formula is C18H13ClN2O2S. The van der Waals surface area contributed by atoms with Crippen LogP contribution in [0.3, 0.4) is 0 Å². The molecule has 1 aliphatic heterocycles. The van der Waals surface area contributed by atoms with Gasteiger partial charge in [-0.2, -0.15) is 4.73 Å². The summed E-state index contributed by atoms with van der Waals surface area (Å²) in [5.41, 5.74) is 1.68. The van der Waals surface area contributed by atoms with Gasteiger partial charge in [0.2, 0.25) is 0 Å². The Morgan fingerprint density at radius 1 is 0.833 bits per heavy atom. The second-order valence-electron chi connectivity index (χ2n) is 5.35. The summed E-state index contributed by atoms with van der Waals surface area (Å²) in [4.78, 5) is 0. The van der Waals surface area contributed by atoms with Crippen LogP contribution in [0.2, 0.25) is 5.02 Å². The molecule has 2 heterocycles. The predicted octanol–water partition coefficient (Wildman–Crippen LogP) is 3.83. The lowest BCUT2D eigenvalue weighted by atomic mass is 10.1. The van der Waals surface area contributed by atoms with E-state index in [2.05, 4.69) is 0 Å². The van der Waals surface area contributed by atoms with Gasteiger partial charge in [0, 0.05) is 17.2 Å². The number of aromatic nitrogens is 2. The maximum atomic E-state index is 13.1. The Balaban J connectivity index is 2.14. The molecule has 0 atom stereocenters. The fourth-order valence-electron chi connectivity index (χ4n) is 2.80. The van der Waals surface area contributed by atoms with Crippen molar-refractivity contribution in [2.75, 3.05) is 0 Å². The largest absolute Gasteiger partial charge is 0.617 e. The van der Waals surface area contributed by atoms with Gasteiger partial charge in [-0.25, -0.2) is 0 Å². The summed E-state index contributed by atoms with van der Waals surface area (Å²) in [5.74, 6) is 0. The van der Waals surface area contributed by atoms with Gasteiger partial charge in [-0.05, 0) is 29.0 Å². The van der Waals surface area contributed by atoms with Crippen molar-refractivity contribution < 1.29 is 9.46 Å². The summed E-state index contributed by atoms with van der Waals surface area (Å²) in [6, 6.07) is 14.0. The molecule has 2 aromatic carbocycles. The summed E-state index contributed by atoms with van der Waals surface area (Å²) < 4.78 is 1.69. The molecule has 0 radical (unpaired) electrons. The van der Waals surface area contributed by atoms with E-state index in [1.807, 2.05) is 53.3 Å². The molecule has 0 saturated carbocycles. The smallest absolute Gasteiger partial charge is 0.313 e. The Hall–Kier alpha value is -2.50.